The monoisotopic (exact) mass is 272 g/mol. The number of allylic oxidation sites excluding steroid dienone is 1. The zero-order valence-electron chi connectivity index (χ0n) is 9.98. The second-order valence-corrected chi connectivity index (χ2v) is 3.58. The lowest BCUT2D eigenvalue weighted by Crippen LogP contribution is -3.00. The normalized spacial score (nSPS) is 12.3. The van der Waals surface area contributed by atoms with Crippen molar-refractivity contribution in [2.24, 2.45) is 4.99 Å². The van der Waals surface area contributed by atoms with Crippen LogP contribution in [0.5, 0.6) is 0 Å². The number of amidine groups is 1. The van der Waals surface area contributed by atoms with Gasteiger partial charge in [0.25, 0.3) is 0 Å². The third-order valence-electron chi connectivity index (χ3n) is 2.14. The van der Waals surface area contributed by atoms with Crippen LogP contribution in [0.2, 0.25) is 0 Å². The molecule has 1 radical (unpaired) electrons. The molecule has 1 aromatic carbocycles. The van der Waals surface area contributed by atoms with E-state index in [1.807, 2.05) is 6.07 Å². The number of benzene rings is 1. The van der Waals surface area contributed by atoms with Crippen LogP contribution in [0.3, 0.4) is 0 Å². The Kier molecular flexibility index (Phi) is 5.00. The molecule has 2 rings (SSSR count). The molecule has 0 aliphatic carbocycles. The first-order valence-corrected chi connectivity index (χ1v) is 5.20. The number of hydrogen-bond acceptors (Lipinski definition) is 3. The van der Waals surface area contributed by atoms with E-state index in [-0.39, 0.29) is 18.0 Å². The minimum atomic E-state index is -0.475. The van der Waals surface area contributed by atoms with Gasteiger partial charge in [0.05, 0.1) is 11.6 Å². The molecule has 0 saturated carbocycles. The Morgan fingerprint density at radius 2 is 1.95 bits per heavy atom. The Morgan fingerprint density at radius 1 is 1.21 bits per heavy atom. The summed E-state index contributed by atoms with van der Waals surface area (Å²) in [5.41, 5.74) is 1.26. The average Bonchev–Trinajstić information content (AvgIpc) is 2.36. The molecule has 1 heterocycles. The standard InChI is InChI=1S/C14H8FN3.ClH/c1-10-17-5-4-14(18-10)3-2-11-6-12(9-16)8-13(15)7-11;/h4-8H,1H3;1H/q+1;/p-1. The van der Waals surface area contributed by atoms with Crippen molar-refractivity contribution in [3.05, 3.63) is 47.4 Å². The first-order valence-electron chi connectivity index (χ1n) is 5.20. The van der Waals surface area contributed by atoms with Gasteiger partial charge in [-0.1, -0.05) is 10.9 Å². The Bertz CT molecular complexity index is 685. The smallest absolute Gasteiger partial charge is 0.337 e. The molecule has 0 spiro atoms. The fraction of sp³-hybridized carbons (Fsp3) is 0.0714. The van der Waals surface area contributed by atoms with E-state index in [2.05, 4.69) is 21.8 Å². The minimum Gasteiger partial charge on any atom is -1.00 e. The lowest BCUT2D eigenvalue weighted by molar-refractivity contribution is -0.00000469. The molecule has 0 N–H and O–H groups in total. The van der Waals surface area contributed by atoms with Crippen LogP contribution in [0.4, 0.5) is 4.39 Å². The summed E-state index contributed by atoms with van der Waals surface area (Å²) >= 11 is 0. The van der Waals surface area contributed by atoms with E-state index in [9.17, 15) is 4.39 Å². The maximum Gasteiger partial charge on any atom is 0.337 e. The summed E-state index contributed by atoms with van der Waals surface area (Å²) in [7, 11) is 0. The van der Waals surface area contributed by atoms with Crippen LogP contribution in [-0.4, -0.2) is 11.5 Å². The second-order valence-electron chi connectivity index (χ2n) is 3.58. The van der Waals surface area contributed by atoms with Crippen molar-refractivity contribution in [2.75, 3.05) is 0 Å². The Labute approximate surface area is 116 Å². The molecule has 0 atom stereocenters. The van der Waals surface area contributed by atoms with Gasteiger partial charge in [-0.15, -0.1) is 0 Å². The van der Waals surface area contributed by atoms with E-state index in [0.29, 0.717) is 17.1 Å². The summed E-state index contributed by atoms with van der Waals surface area (Å²) in [5.74, 6) is 5.72. The van der Waals surface area contributed by atoms with Crippen LogP contribution < -0.4 is 17.4 Å². The van der Waals surface area contributed by atoms with Crippen molar-refractivity contribution >= 4 is 11.5 Å². The van der Waals surface area contributed by atoms with Gasteiger partial charge in [0.2, 0.25) is 5.71 Å². The van der Waals surface area contributed by atoms with Crippen LogP contribution in [0.25, 0.3) is 0 Å². The largest absolute Gasteiger partial charge is 1.00 e. The van der Waals surface area contributed by atoms with Gasteiger partial charge >= 0.3 is 5.84 Å². The average molecular weight is 273 g/mol. The number of halogens is 2. The van der Waals surface area contributed by atoms with Crippen molar-refractivity contribution in [1.29, 1.82) is 5.26 Å². The second kappa shape index (κ2) is 6.49. The van der Waals surface area contributed by atoms with Crippen LogP contribution in [0, 0.1) is 29.0 Å². The van der Waals surface area contributed by atoms with Crippen molar-refractivity contribution < 1.29 is 16.8 Å². The van der Waals surface area contributed by atoms with Gasteiger partial charge < -0.3 is 12.4 Å². The Morgan fingerprint density at radius 3 is 2.63 bits per heavy atom. The predicted octanol–water partition coefficient (Wildman–Crippen LogP) is -1.22. The summed E-state index contributed by atoms with van der Waals surface area (Å²) in [5, 5.41) is 8.72. The molecular formula is C14H8ClFN3. The Hall–Kier alpha value is -2.43. The van der Waals surface area contributed by atoms with E-state index in [4.69, 9.17) is 5.26 Å². The van der Waals surface area contributed by atoms with Gasteiger partial charge in [0.15, 0.2) is 0 Å². The first kappa shape index (κ1) is 14.6. The number of nitriles is 1. The van der Waals surface area contributed by atoms with E-state index < -0.39 is 5.82 Å². The topological polar surface area (TPSA) is 50.2 Å². The zero-order chi connectivity index (χ0) is 13.0. The summed E-state index contributed by atoms with van der Waals surface area (Å²) < 4.78 is 13.2. The highest BCUT2D eigenvalue weighted by atomic mass is 35.5. The molecule has 0 bridgehead atoms. The molecular weight excluding hydrogens is 265 g/mol. The summed E-state index contributed by atoms with van der Waals surface area (Å²) in [6.07, 6.45) is 3.28. The lowest BCUT2D eigenvalue weighted by Gasteiger charge is -1.93. The Balaban J connectivity index is 0.00000180. The molecule has 0 fully saturated rings. The van der Waals surface area contributed by atoms with Crippen molar-refractivity contribution in [2.45, 2.75) is 6.92 Å². The highest BCUT2D eigenvalue weighted by Crippen LogP contribution is 2.07. The maximum atomic E-state index is 13.2. The molecule has 1 aliphatic heterocycles. The van der Waals surface area contributed by atoms with E-state index in [0.717, 1.165) is 0 Å². The molecule has 5 heteroatoms. The van der Waals surface area contributed by atoms with Gasteiger partial charge in [-0.3, -0.25) is 0 Å². The quantitative estimate of drug-likeness (QED) is 0.546. The van der Waals surface area contributed by atoms with Crippen LogP contribution in [0.15, 0.2) is 35.5 Å². The number of nitrogens with zero attached hydrogens (tertiary/aromatic N) is 3. The van der Waals surface area contributed by atoms with E-state index in [1.54, 1.807) is 19.2 Å². The van der Waals surface area contributed by atoms with Crippen molar-refractivity contribution in [3.63, 3.8) is 0 Å². The SMILES string of the molecule is CC1=NC=CC(C#Cc2cc(F)cc(C#N)c2)=[N+]1.[Cl-]. The van der Waals surface area contributed by atoms with Crippen LogP contribution >= 0.6 is 0 Å². The molecule has 19 heavy (non-hydrogen) atoms. The van der Waals surface area contributed by atoms with Crippen LogP contribution in [0.1, 0.15) is 18.1 Å². The highest BCUT2D eigenvalue weighted by molar-refractivity contribution is 6.13. The summed E-state index contributed by atoms with van der Waals surface area (Å²) in [6.45, 7) is 1.77. The van der Waals surface area contributed by atoms with Gasteiger partial charge in [0, 0.05) is 18.6 Å². The van der Waals surface area contributed by atoms with Crippen LogP contribution in [-0.2, 0) is 0 Å². The third kappa shape index (κ3) is 4.06. The van der Waals surface area contributed by atoms with Gasteiger partial charge in [-0.25, -0.2) is 4.39 Å². The third-order valence-corrected chi connectivity index (χ3v) is 2.14. The van der Waals surface area contributed by atoms with Gasteiger partial charge in [0.1, 0.15) is 12.0 Å². The molecule has 1 aromatic rings. The first-order chi connectivity index (χ1) is 8.67. The predicted molar refractivity (Wildman–Crippen MR) is 67.4 cm³/mol. The highest BCUT2D eigenvalue weighted by Gasteiger charge is 2.07. The summed E-state index contributed by atoms with van der Waals surface area (Å²) in [4.78, 5) is 8.06. The molecule has 3 nitrogen and oxygen atoms in total. The molecule has 93 valence electrons. The van der Waals surface area contributed by atoms with Crippen molar-refractivity contribution in [3.8, 4) is 17.9 Å². The fourth-order valence-corrected chi connectivity index (χ4v) is 1.39. The van der Waals surface area contributed by atoms with E-state index >= 15 is 0 Å². The van der Waals surface area contributed by atoms with Gasteiger partial charge in [-0.05, 0) is 29.1 Å². The number of aliphatic imine (C=N–C) groups is 2. The molecule has 1 aliphatic rings. The minimum absolute atomic E-state index is 0. The number of hydrogen-bond donors (Lipinski definition) is 0. The molecule has 0 unspecified atom stereocenters. The van der Waals surface area contributed by atoms with Gasteiger partial charge in [-0.2, -0.15) is 5.26 Å². The maximum absolute atomic E-state index is 13.2. The van der Waals surface area contributed by atoms with E-state index in [1.165, 1.54) is 18.2 Å². The fourth-order valence-electron chi connectivity index (χ4n) is 1.39. The number of rotatable bonds is 0. The molecule has 0 saturated heterocycles. The molecule has 0 amide bonds. The lowest BCUT2D eigenvalue weighted by atomic mass is 10.1. The summed E-state index contributed by atoms with van der Waals surface area (Å²) in [6, 6.07) is 5.86. The van der Waals surface area contributed by atoms with Crippen molar-refractivity contribution in [1.82, 2.24) is 4.99 Å². The molecule has 0 aromatic heterocycles. The zero-order valence-corrected chi connectivity index (χ0v) is 10.7.